The van der Waals surface area contributed by atoms with Gasteiger partial charge < -0.3 is 5.73 Å². The molecule has 0 amide bonds. The first-order chi connectivity index (χ1) is 7.83. The van der Waals surface area contributed by atoms with Crippen LogP contribution in [0.3, 0.4) is 0 Å². The number of nitrogen functional groups attached to an aromatic ring is 1. The summed E-state index contributed by atoms with van der Waals surface area (Å²) in [5, 5.41) is 8.79. The van der Waals surface area contributed by atoms with Crippen LogP contribution in [0.4, 0.5) is 5.69 Å². The van der Waals surface area contributed by atoms with Crippen molar-refractivity contribution in [2.24, 2.45) is 0 Å². The molecule has 2 N–H and O–H groups in total. The smallest absolute Gasteiger partial charge is 0.0670 e. The number of nitrogens with two attached hydrogens (primary N) is 1. The van der Waals surface area contributed by atoms with Crippen LogP contribution < -0.4 is 5.73 Å². The Morgan fingerprint density at radius 1 is 1.19 bits per heavy atom. The number of nitriles is 1. The third-order valence-electron chi connectivity index (χ3n) is 2.43. The van der Waals surface area contributed by atoms with E-state index in [1.807, 2.05) is 30.3 Å². The summed E-state index contributed by atoms with van der Waals surface area (Å²) in [5.41, 5.74) is 9.22. The van der Waals surface area contributed by atoms with Crippen LogP contribution in [0, 0.1) is 11.3 Å². The first-order valence-corrected chi connectivity index (χ1v) is 4.97. The van der Waals surface area contributed by atoms with Crippen LogP contribution in [0.2, 0.25) is 0 Å². The fourth-order valence-corrected chi connectivity index (χ4v) is 1.65. The standard InChI is InChI=1S/C13H11N3/c14-7-6-11-12(8-16-9-13(11)15)10-4-2-1-3-5-10/h1-5,8-9H,6,15H2. The second-order valence-electron chi connectivity index (χ2n) is 3.46. The minimum Gasteiger partial charge on any atom is -0.397 e. The van der Waals surface area contributed by atoms with E-state index >= 15 is 0 Å². The van der Waals surface area contributed by atoms with Crippen LogP contribution in [0.15, 0.2) is 42.7 Å². The quantitative estimate of drug-likeness (QED) is 0.826. The van der Waals surface area contributed by atoms with E-state index in [4.69, 9.17) is 11.0 Å². The Hall–Kier alpha value is -2.34. The van der Waals surface area contributed by atoms with Crippen molar-refractivity contribution in [2.45, 2.75) is 6.42 Å². The van der Waals surface area contributed by atoms with Crippen molar-refractivity contribution >= 4 is 5.69 Å². The van der Waals surface area contributed by atoms with Gasteiger partial charge in [0.05, 0.1) is 24.4 Å². The van der Waals surface area contributed by atoms with Gasteiger partial charge >= 0.3 is 0 Å². The van der Waals surface area contributed by atoms with Gasteiger partial charge in [-0.3, -0.25) is 4.98 Å². The Labute approximate surface area is 94.2 Å². The van der Waals surface area contributed by atoms with E-state index in [9.17, 15) is 0 Å². The lowest BCUT2D eigenvalue weighted by Gasteiger charge is -2.08. The second kappa shape index (κ2) is 4.45. The monoisotopic (exact) mass is 209 g/mol. The highest BCUT2D eigenvalue weighted by atomic mass is 14.7. The zero-order valence-corrected chi connectivity index (χ0v) is 8.72. The predicted octanol–water partition coefficient (Wildman–Crippen LogP) is 2.40. The maximum Gasteiger partial charge on any atom is 0.0670 e. The number of aromatic nitrogens is 1. The van der Waals surface area contributed by atoms with Gasteiger partial charge in [0.1, 0.15) is 0 Å². The highest BCUT2D eigenvalue weighted by Gasteiger charge is 2.08. The van der Waals surface area contributed by atoms with Crippen molar-refractivity contribution < 1.29 is 0 Å². The molecule has 0 bridgehead atoms. The molecule has 0 radical (unpaired) electrons. The first-order valence-electron chi connectivity index (χ1n) is 4.97. The Balaban J connectivity index is 2.57. The largest absolute Gasteiger partial charge is 0.397 e. The molecular weight excluding hydrogens is 198 g/mol. The molecule has 3 nitrogen and oxygen atoms in total. The number of pyridine rings is 1. The molecule has 16 heavy (non-hydrogen) atoms. The number of hydrogen-bond donors (Lipinski definition) is 1. The maximum atomic E-state index is 8.79. The lowest BCUT2D eigenvalue weighted by Crippen LogP contribution is -1.97. The number of benzene rings is 1. The minimum atomic E-state index is 0.304. The topological polar surface area (TPSA) is 62.7 Å². The number of hydrogen-bond acceptors (Lipinski definition) is 3. The molecule has 1 heterocycles. The molecule has 0 unspecified atom stereocenters. The van der Waals surface area contributed by atoms with Gasteiger partial charge in [-0.15, -0.1) is 0 Å². The Kier molecular flexibility index (Phi) is 2.84. The molecule has 78 valence electrons. The molecule has 2 rings (SSSR count). The molecule has 0 aliphatic heterocycles. The van der Waals surface area contributed by atoms with Gasteiger partial charge in [0.2, 0.25) is 0 Å². The summed E-state index contributed by atoms with van der Waals surface area (Å²) in [7, 11) is 0. The van der Waals surface area contributed by atoms with E-state index in [2.05, 4.69) is 11.1 Å². The summed E-state index contributed by atoms with van der Waals surface area (Å²) < 4.78 is 0. The normalized spacial score (nSPS) is 9.69. The molecule has 0 saturated heterocycles. The molecular formula is C13H11N3. The van der Waals surface area contributed by atoms with Crippen LogP contribution in [0.5, 0.6) is 0 Å². The van der Waals surface area contributed by atoms with Crippen molar-refractivity contribution in [3.63, 3.8) is 0 Å². The van der Waals surface area contributed by atoms with Gasteiger partial charge in [-0.2, -0.15) is 5.26 Å². The van der Waals surface area contributed by atoms with E-state index in [1.54, 1.807) is 12.4 Å². The van der Waals surface area contributed by atoms with Crippen molar-refractivity contribution in [1.29, 1.82) is 5.26 Å². The van der Waals surface area contributed by atoms with Crippen LogP contribution >= 0.6 is 0 Å². The number of nitrogens with zero attached hydrogens (tertiary/aromatic N) is 2. The lowest BCUT2D eigenvalue weighted by atomic mass is 9.99. The zero-order chi connectivity index (χ0) is 11.4. The van der Waals surface area contributed by atoms with E-state index < -0.39 is 0 Å². The predicted molar refractivity (Wildman–Crippen MR) is 63.4 cm³/mol. The molecule has 2 aromatic rings. The molecule has 0 aliphatic rings. The summed E-state index contributed by atoms with van der Waals surface area (Å²) in [6, 6.07) is 12.0. The van der Waals surface area contributed by atoms with Gasteiger partial charge in [-0.1, -0.05) is 30.3 Å². The van der Waals surface area contributed by atoms with Crippen molar-refractivity contribution in [3.05, 3.63) is 48.3 Å². The molecule has 3 heteroatoms. The molecule has 1 aromatic heterocycles. The van der Waals surface area contributed by atoms with Gasteiger partial charge in [-0.25, -0.2) is 0 Å². The fourth-order valence-electron chi connectivity index (χ4n) is 1.65. The van der Waals surface area contributed by atoms with E-state index in [1.165, 1.54) is 0 Å². The molecule has 0 aliphatic carbocycles. The highest BCUT2D eigenvalue weighted by Crippen LogP contribution is 2.26. The Morgan fingerprint density at radius 3 is 2.62 bits per heavy atom. The Morgan fingerprint density at radius 2 is 1.94 bits per heavy atom. The van der Waals surface area contributed by atoms with E-state index in [0.717, 1.165) is 16.7 Å². The Bertz CT molecular complexity index is 527. The van der Waals surface area contributed by atoms with Gasteiger partial charge in [0.25, 0.3) is 0 Å². The number of anilines is 1. The van der Waals surface area contributed by atoms with E-state index in [-0.39, 0.29) is 0 Å². The fraction of sp³-hybridized carbons (Fsp3) is 0.0769. The third kappa shape index (κ3) is 1.86. The summed E-state index contributed by atoms with van der Waals surface area (Å²) in [6.45, 7) is 0. The summed E-state index contributed by atoms with van der Waals surface area (Å²) in [6.07, 6.45) is 3.63. The molecule has 1 aromatic carbocycles. The van der Waals surface area contributed by atoms with Crippen LogP contribution in [0.25, 0.3) is 11.1 Å². The van der Waals surface area contributed by atoms with E-state index in [0.29, 0.717) is 12.1 Å². The van der Waals surface area contributed by atoms with Gasteiger partial charge in [0.15, 0.2) is 0 Å². The molecule has 0 saturated carbocycles. The lowest BCUT2D eigenvalue weighted by molar-refractivity contribution is 1.22. The van der Waals surface area contributed by atoms with Crippen molar-refractivity contribution in [2.75, 3.05) is 5.73 Å². The molecule has 0 fully saturated rings. The maximum absolute atomic E-state index is 8.79. The molecule has 0 atom stereocenters. The van der Waals surface area contributed by atoms with Gasteiger partial charge in [-0.05, 0) is 5.56 Å². The third-order valence-corrected chi connectivity index (χ3v) is 2.43. The summed E-state index contributed by atoms with van der Waals surface area (Å²) in [4.78, 5) is 4.07. The molecule has 0 spiro atoms. The summed E-state index contributed by atoms with van der Waals surface area (Å²) in [5.74, 6) is 0. The summed E-state index contributed by atoms with van der Waals surface area (Å²) >= 11 is 0. The average molecular weight is 209 g/mol. The highest BCUT2D eigenvalue weighted by molar-refractivity contribution is 5.72. The SMILES string of the molecule is N#CCc1c(N)cncc1-c1ccccc1. The van der Waals surface area contributed by atoms with Crippen LogP contribution in [-0.4, -0.2) is 4.98 Å². The zero-order valence-electron chi connectivity index (χ0n) is 8.72. The van der Waals surface area contributed by atoms with Crippen LogP contribution in [0.1, 0.15) is 5.56 Å². The second-order valence-corrected chi connectivity index (χ2v) is 3.46. The number of rotatable bonds is 2. The minimum absolute atomic E-state index is 0.304. The average Bonchev–Trinajstić information content (AvgIpc) is 2.33. The van der Waals surface area contributed by atoms with Crippen molar-refractivity contribution in [3.8, 4) is 17.2 Å². The van der Waals surface area contributed by atoms with Crippen molar-refractivity contribution in [1.82, 2.24) is 4.98 Å². The van der Waals surface area contributed by atoms with Crippen LogP contribution in [-0.2, 0) is 6.42 Å². The first kappa shape index (κ1) is 10.2. The van der Waals surface area contributed by atoms with Gasteiger partial charge in [0, 0.05) is 17.3 Å².